The molecular formula is C8H18N2. The first kappa shape index (κ1) is 8.02. The number of nitrogens with two attached hydrogens (primary N) is 1. The maximum absolute atomic E-state index is 5.55. The van der Waals surface area contributed by atoms with Crippen molar-refractivity contribution >= 4 is 0 Å². The summed E-state index contributed by atoms with van der Waals surface area (Å²) < 4.78 is 0. The Balaban J connectivity index is 1.97. The second-order valence-corrected chi connectivity index (χ2v) is 3.19. The van der Waals surface area contributed by atoms with Gasteiger partial charge >= 0.3 is 0 Å². The second kappa shape index (κ2) is 3.94. The zero-order valence-electron chi connectivity index (χ0n) is 6.77. The van der Waals surface area contributed by atoms with Gasteiger partial charge in [0.05, 0.1) is 0 Å². The average Bonchev–Trinajstić information content (AvgIpc) is 2.74. The Bertz CT molecular complexity index is 85.3. The molecule has 0 spiro atoms. The summed E-state index contributed by atoms with van der Waals surface area (Å²) in [5.74, 6) is 0.695. The molecule has 3 N–H and O–H groups in total. The highest BCUT2D eigenvalue weighted by Crippen LogP contribution is 2.18. The Morgan fingerprint density at radius 3 is 2.70 bits per heavy atom. The number of hydrogen-bond acceptors (Lipinski definition) is 2. The minimum absolute atomic E-state index is 0.695. The molecule has 1 unspecified atom stereocenters. The molecule has 1 saturated carbocycles. The van der Waals surface area contributed by atoms with Gasteiger partial charge in [-0.3, -0.25) is 0 Å². The standard InChI is InChI=1S/C8H18N2/c1-2-7(5-9)6-10-8-3-4-8/h7-8,10H,2-6,9H2,1H3. The lowest BCUT2D eigenvalue weighted by molar-refractivity contribution is 0.470. The van der Waals surface area contributed by atoms with E-state index in [0.29, 0.717) is 5.92 Å². The van der Waals surface area contributed by atoms with Crippen molar-refractivity contribution in [2.45, 2.75) is 32.2 Å². The van der Waals surface area contributed by atoms with Gasteiger partial charge in [-0.1, -0.05) is 13.3 Å². The van der Waals surface area contributed by atoms with Gasteiger partial charge in [0.15, 0.2) is 0 Å². The van der Waals surface area contributed by atoms with Gasteiger partial charge in [0.1, 0.15) is 0 Å². The second-order valence-electron chi connectivity index (χ2n) is 3.19. The van der Waals surface area contributed by atoms with Gasteiger partial charge in [-0.05, 0) is 31.8 Å². The maximum Gasteiger partial charge on any atom is 0.00683 e. The molecule has 2 nitrogen and oxygen atoms in total. The fraction of sp³-hybridized carbons (Fsp3) is 1.00. The van der Waals surface area contributed by atoms with Crippen LogP contribution >= 0.6 is 0 Å². The molecule has 0 aromatic carbocycles. The first-order chi connectivity index (χ1) is 4.86. The van der Waals surface area contributed by atoms with Gasteiger partial charge in [-0.25, -0.2) is 0 Å². The summed E-state index contributed by atoms with van der Waals surface area (Å²) in [6.07, 6.45) is 3.96. The van der Waals surface area contributed by atoms with Gasteiger partial charge in [0.25, 0.3) is 0 Å². The SMILES string of the molecule is CCC(CN)CNC1CC1. The van der Waals surface area contributed by atoms with Crippen LogP contribution in [0.2, 0.25) is 0 Å². The predicted molar refractivity (Wildman–Crippen MR) is 43.9 cm³/mol. The topological polar surface area (TPSA) is 38.0 Å². The van der Waals surface area contributed by atoms with Crippen LogP contribution in [-0.4, -0.2) is 19.1 Å². The summed E-state index contributed by atoms with van der Waals surface area (Å²) in [5, 5.41) is 3.48. The molecule has 0 amide bonds. The summed E-state index contributed by atoms with van der Waals surface area (Å²) in [7, 11) is 0. The molecule has 0 aromatic heterocycles. The lowest BCUT2D eigenvalue weighted by Gasteiger charge is -2.11. The van der Waals surface area contributed by atoms with Gasteiger partial charge in [-0.15, -0.1) is 0 Å². The van der Waals surface area contributed by atoms with Crippen LogP contribution in [0.5, 0.6) is 0 Å². The first-order valence-electron chi connectivity index (χ1n) is 4.30. The Morgan fingerprint density at radius 1 is 1.60 bits per heavy atom. The van der Waals surface area contributed by atoms with Crippen molar-refractivity contribution in [3.63, 3.8) is 0 Å². The Morgan fingerprint density at radius 2 is 2.30 bits per heavy atom. The molecule has 60 valence electrons. The van der Waals surface area contributed by atoms with Gasteiger partial charge < -0.3 is 11.1 Å². The molecule has 0 bridgehead atoms. The summed E-state index contributed by atoms with van der Waals surface area (Å²) in [5.41, 5.74) is 5.55. The minimum atomic E-state index is 0.695. The van der Waals surface area contributed by atoms with E-state index in [1.165, 1.54) is 19.3 Å². The number of nitrogens with one attached hydrogen (secondary N) is 1. The molecule has 0 aliphatic heterocycles. The molecule has 0 radical (unpaired) electrons. The van der Waals surface area contributed by atoms with E-state index in [0.717, 1.165) is 19.1 Å². The fourth-order valence-corrected chi connectivity index (χ4v) is 1.02. The molecule has 1 atom stereocenters. The van der Waals surface area contributed by atoms with Crippen molar-refractivity contribution in [3.8, 4) is 0 Å². The van der Waals surface area contributed by atoms with Crippen LogP contribution in [0.15, 0.2) is 0 Å². The van der Waals surface area contributed by atoms with Crippen LogP contribution in [0.25, 0.3) is 0 Å². The van der Waals surface area contributed by atoms with Gasteiger partial charge in [0.2, 0.25) is 0 Å². The van der Waals surface area contributed by atoms with Crippen LogP contribution in [0.1, 0.15) is 26.2 Å². The lowest BCUT2D eigenvalue weighted by Crippen LogP contribution is -2.29. The monoisotopic (exact) mass is 142 g/mol. The Hall–Kier alpha value is -0.0800. The van der Waals surface area contributed by atoms with Crippen LogP contribution in [0, 0.1) is 5.92 Å². The largest absolute Gasteiger partial charge is 0.330 e. The van der Waals surface area contributed by atoms with E-state index in [1.54, 1.807) is 0 Å². The third-order valence-corrected chi connectivity index (χ3v) is 2.18. The highest BCUT2D eigenvalue weighted by atomic mass is 14.9. The molecule has 1 aliphatic rings. The summed E-state index contributed by atoms with van der Waals surface area (Å²) in [4.78, 5) is 0. The van der Waals surface area contributed by atoms with Gasteiger partial charge in [0, 0.05) is 6.04 Å². The molecule has 1 rings (SSSR count). The zero-order chi connectivity index (χ0) is 7.40. The quantitative estimate of drug-likeness (QED) is 0.593. The Kier molecular flexibility index (Phi) is 3.16. The zero-order valence-corrected chi connectivity index (χ0v) is 6.77. The van der Waals surface area contributed by atoms with E-state index in [9.17, 15) is 0 Å². The van der Waals surface area contributed by atoms with Crippen LogP contribution in [0.4, 0.5) is 0 Å². The van der Waals surface area contributed by atoms with Gasteiger partial charge in [-0.2, -0.15) is 0 Å². The Labute approximate surface area is 63.2 Å². The number of hydrogen-bond donors (Lipinski definition) is 2. The fourth-order valence-electron chi connectivity index (χ4n) is 1.02. The average molecular weight is 142 g/mol. The molecule has 1 aliphatic carbocycles. The highest BCUT2D eigenvalue weighted by Gasteiger charge is 2.20. The first-order valence-corrected chi connectivity index (χ1v) is 4.30. The van der Waals surface area contributed by atoms with Crippen molar-refractivity contribution in [1.29, 1.82) is 0 Å². The molecule has 10 heavy (non-hydrogen) atoms. The van der Waals surface area contributed by atoms with Crippen molar-refractivity contribution in [3.05, 3.63) is 0 Å². The summed E-state index contributed by atoms with van der Waals surface area (Å²) in [6, 6.07) is 0.834. The molecule has 0 heterocycles. The molecule has 2 heteroatoms. The number of rotatable bonds is 5. The summed E-state index contributed by atoms with van der Waals surface area (Å²) >= 11 is 0. The molecule has 0 aromatic rings. The predicted octanol–water partition coefficient (Wildman–Crippen LogP) is 0.723. The van der Waals surface area contributed by atoms with E-state index in [2.05, 4.69) is 12.2 Å². The van der Waals surface area contributed by atoms with E-state index in [4.69, 9.17) is 5.73 Å². The van der Waals surface area contributed by atoms with Crippen molar-refractivity contribution in [1.82, 2.24) is 5.32 Å². The molecule has 1 fully saturated rings. The third kappa shape index (κ3) is 2.67. The molecular weight excluding hydrogens is 124 g/mol. The van der Waals surface area contributed by atoms with Crippen molar-refractivity contribution < 1.29 is 0 Å². The maximum atomic E-state index is 5.55. The highest BCUT2D eigenvalue weighted by molar-refractivity contribution is 4.81. The normalized spacial score (nSPS) is 21.0. The third-order valence-electron chi connectivity index (χ3n) is 2.18. The lowest BCUT2D eigenvalue weighted by atomic mass is 10.1. The van der Waals surface area contributed by atoms with E-state index in [-0.39, 0.29) is 0 Å². The minimum Gasteiger partial charge on any atom is -0.330 e. The molecule has 0 saturated heterocycles. The smallest absolute Gasteiger partial charge is 0.00683 e. The van der Waals surface area contributed by atoms with E-state index in [1.807, 2.05) is 0 Å². The van der Waals surface area contributed by atoms with E-state index >= 15 is 0 Å². The van der Waals surface area contributed by atoms with Crippen LogP contribution in [0.3, 0.4) is 0 Å². The van der Waals surface area contributed by atoms with Crippen LogP contribution < -0.4 is 11.1 Å². The van der Waals surface area contributed by atoms with Crippen molar-refractivity contribution in [2.75, 3.05) is 13.1 Å². The summed E-state index contributed by atoms with van der Waals surface area (Å²) in [6.45, 7) is 4.15. The van der Waals surface area contributed by atoms with Crippen molar-refractivity contribution in [2.24, 2.45) is 11.7 Å². The van der Waals surface area contributed by atoms with E-state index < -0.39 is 0 Å². The van der Waals surface area contributed by atoms with Crippen LogP contribution in [-0.2, 0) is 0 Å².